The van der Waals surface area contributed by atoms with Gasteiger partial charge in [0.05, 0.1) is 28.4 Å². The molecule has 3 heterocycles. The number of carbonyl (C=O) groups excluding carboxylic acids is 2. The quantitative estimate of drug-likeness (QED) is 0.122. The maximum Gasteiger partial charge on any atom is 0.416 e. The minimum atomic E-state index is -4.42. The van der Waals surface area contributed by atoms with Crippen LogP contribution < -0.4 is 0 Å². The Balaban J connectivity index is 1.11. The standard InChI is InChI=1S/C36H33F3N4O2S2/c1-22-33(24-10-14-27(46-3)15-11-24)31(42(2)41-22)20-32(44)30-21-47-34(40-30)25-16-18-43(19-17-25)35(45)29-7-5-4-6-28(29)23-8-12-26(13-9-23)36(37,38)39/h4-15,21,25H,16-20H2,1-3H3. The Morgan fingerprint density at radius 2 is 1.62 bits per heavy atom. The summed E-state index contributed by atoms with van der Waals surface area (Å²) in [6, 6.07) is 20.2. The molecular weight excluding hydrogens is 642 g/mol. The van der Waals surface area contributed by atoms with Crippen molar-refractivity contribution in [1.29, 1.82) is 0 Å². The van der Waals surface area contributed by atoms with E-state index in [1.54, 1.807) is 45.6 Å². The first-order chi connectivity index (χ1) is 22.5. The second kappa shape index (κ2) is 13.5. The van der Waals surface area contributed by atoms with Crippen molar-refractivity contribution in [2.24, 2.45) is 7.05 Å². The number of aryl methyl sites for hydroxylation is 2. The zero-order chi connectivity index (χ0) is 33.3. The molecule has 0 saturated carbocycles. The molecular formula is C36H33F3N4O2S2. The molecule has 0 spiro atoms. The fraction of sp³-hybridized carbons (Fsp3) is 0.278. The summed E-state index contributed by atoms with van der Waals surface area (Å²) in [6.07, 6.45) is -0.800. The first-order valence-electron chi connectivity index (χ1n) is 15.2. The van der Waals surface area contributed by atoms with E-state index in [0.29, 0.717) is 48.3 Å². The number of Topliss-reactive ketones (excluding diaryl/α,β-unsaturated/α-hetero) is 1. The zero-order valence-electron chi connectivity index (χ0n) is 26.2. The van der Waals surface area contributed by atoms with Gasteiger partial charge >= 0.3 is 6.18 Å². The number of alkyl halides is 3. The van der Waals surface area contributed by atoms with Crippen molar-refractivity contribution in [1.82, 2.24) is 19.7 Å². The fourth-order valence-electron chi connectivity index (χ4n) is 6.15. The van der Waals surface area contributed by atoms with Crippen LogP contribution in [-0.2, 0) is 19.6 Å². The van der Waals surface area contributed by atoms with Crippen LogP contribution in [0.4, 0.5) is 13.2 Å². The van der Waals surface area contributed by atoms with Gasteiger partial charge in [-0.3, -0.25) is 14.3 Å². The molecule has 47 heavy (non-hydrogen) atoms. The number of ketones is 1. The Labute approximate surface area is 279 Å². The van der Waals surface area contributed by atoms with Crippen LogP contribution in [0, 0.1) is 6.92 Å². The van der Waals surface area contributed by atoms with Crippen LogP contribution in [0.5, 0.6) is 0 Å². The monoisotopic (exact) mass is 674 g/mol. The van der Waals surface area contributed by atoms with E-state index in [4.69, 9.17) is 4.98 Å². The Hall–Kier alpha value is -4.22. The van der Waals surface area contributed by atoms with Crippen molar-refractivity contribution in [3.63, 3.8) is 0 Å². The SMILES string of the molecule is CSc1ccc(-c2c(C)nn(C)c2CC(=O)c2csc(C3CCN(C(=O)c4ccccc4-c4ccc(C(F)(F)F)cc4)CC3)n2)cc1. The lowest BCUT2D eigenvalue weighted by molar-refractivity contribution is -0.137. The summed E-state index contributed by atoms with van der Waals surface area (Å²) in [7, 11) is 1.86. The molecule has 0 atom stereocenters. The molecule has 2 aromatic heterocycles. The Morgan fingerprint density at radius 1 is 0.957 bits per heavy atom. The number of likely N-dealkylation sites (tertiary alicyclic amines) is 1. The lowest BCUT2D eigenvalue weighted by Gasteiger charge is -2.31. The van der Waals surface area contributed by atoms with E-state index in [9.17, 15) is 22.8 Å². The summed E-state index contributed by atoms with van der Waals surface area (Å²) >= 11 is 3.16. The normalized spacial score (nSPS) is 14.0. The van der Waals surface area contributed by atoms with Gasteiger partial charge < -0.3 is 4.90 Å². The maximum absolute atomic E-state index is 13.6. The number of halogens is 3. The first-order valence-corrected chi connectivity index (χ1v) is 17.4. The van der Waals surface area contributed by atoms with E-state index in [1.807, 2.05) is 25.6 Å². The van der Waals surface area contributed by atoms with E-state index < -0.39 is 11.7 Å². The number of hydrogen-bond donors (Lipinski definition) is 0. The smallest absolute Gasteiger partial charge is 0.339 e. The number of amides is 1. The van der Waals surface area contributed by atoms with Crippen LogP contribution in [-0.4, -0.2) is 50.7 Å². The highest BCUT2D eigenvalue weighted by molar-refractivity contribution is 7.98. The molecule has 1 aliphatic heterocycles. The highest BCUT2D eigenvalue weighted by atomic mass is 32.2. The highest BCUT2D eigenvalue weighted by Crippen LogP contribution is 2.35. The summed E-state index contributed by atoms with van der Waals surface area (Å²) in [4.78, 5) is 34.8. The molecule has 11 heteroatoms. The van der Waals surface area contributed by atoms with Gasteiger partial charge in [0.1, 0.15) is 5.69 Å². The fourth-order valence-corrected chi connectivity index (χ4v) is 7.55. The summed E-state index contributed by atoms with van der Waals surface area (Å²) < 4.78 is 41.0. The average Bonchev–Trinajstić information content (AvgIpc) is 3.68. The van der Waals surface area contributed by atoms with Gasteiger partial charge in [0, 0.05) is 47.5 Å². The van der Waals surface area contributed by atoms with Gasteiger partial charge in [-0.15, -0.1) is 23.1 Å². The van der Waals surface area contributed by atoms with E-state index >= 15 is 0 Å². The molecule has 1 fully saturated rings. The molecule has 1 saturated heterocycles. The highest BCUT2D eigenvalue weighted by Gasteiger charge is 2.31. The minimum Gasteiger partial charge on any atom is -0.339 e. The predicted molar refractivity (Wildman–Crippen MR) is 180 cm³/mol. The topological polar surface area (TPSA) is 68.1 Å². The Kier molecular flexibility index (Phi) is 9.39. The molecule has 3 aromatic carbocycles. The number of piperidine rings is 1. The number of rotatable bonds is 8. The van der Waals surface area contributed by atoms with Crippen molar-refractivity contribution in [2.75, 3.05) is 19.3 Å². The maximum atomic E-state index is 13.6. The van der Waals surface area contributed by atoms with Crippen molar-refractivity contribution >= 4 is 34.8 Å². The third-order valence-corrected chi connectivity index (χ3v) is 10.4. The largest absolute Gasteiger partial charge is 0.416 e. The number of aromatic nitrogens is 3. The molecule has 0 aliphatic carbocycles. The van der Waals surface area contributed by atoms with Crippen molar-refractivity contribution < 1.29 is 22.8 Å². The van der Waals surface area contributed by atoms with Crippen LogP contribution >= 0.6 is 23.1 Å². The van der Waals surface area contributed by atoms with Crippen molar-refractivity contribution in [2.45, 2.75) is 43.2 Å². The Morgan fingerprint density at radius 3 is 2.28 bits per heavy atom. The molecule has 0 N–H and O–H groups in total. The molecule has 0 radical (unpaired) electrons. The van der Waals surface area contributed by atoms with E-state index in [1.165, 1.54) is 28.4 Å². The number of benzene rings is 3. The lowest BCUT2D eigenvalue weighted by atomic mass is 9.94. The molecule has 1 aliphatic rings. The van der Waals surface area contributed by atoms with Crippen molar-refractivity contribution in [3.05, 3.63) is 111 Å². The Bertz CT molecular complexity index is 1910. The summed E-state index contributed by atoms with van der Waals surface area (Å²) in [6.45, 7) is 2.98. The zero-order valence-corrected chi connectivity index (χ0v) is 27.8. The summed E-state index contributed by atoms with van der Waals surface area (Å²) in [5.41, 5.74) is 5.04. The van der Waals surface area contributed by atoms with Crippen LogP contribution in [0.3, 0.4) is 0 Å². The number of carbonyl (C=O) groups is 2. The molecule has 6 rings (SSSR count). The van der Waals surface area contributed by atoms with Gasteiger partial charge in [-0.25, -0.2) is 4.98 Å². The third-order valence-electron chi connectivity index (χ3n) is 8.67. The van der Waals surface area contributed by atoms with Gasteiger partial charge in [0.25, 0.3) is 5.91 Å². The molecule has 0 bridgehead atoms. The summed E-state index contributed by atoms with van der Waals surface area (Å²) in [5.74, 6) is -0.0931. The van der Waals surface area contributed by atoms with Crippen LogP contribution in [0.25, 0.3) is 22.3 Å². The second-order valence-electron chi connectivity index (χ2n) is 11.6. The van der Waals surface area contributed by atoms with Gasteiger partial charge in [-0.05, 0) is 73.0 Å². The molecule has 1 amide bonds. The predicted octanol–water partition coefficient (Wildman–Crippen LogP) is 8.70. The molecule has 0 unspecified atom stereocenters. The van der Waals surface area contributed by atoms with Crippen molar-refractivity contribution in [3.8, 4) is 22.3 Å². The van der Waals surface area contributed by atoms with Crippen LogP contribution in [0.2, 0.25) is 0 Å². The number of hydrogen-bond acceptors (Lipinski definition) is 6. The minimum absolute atomic E-state index is 0.0648. The molecule has 5 aromatic rings. The second-order valence-corrected chi connectivity index (χ2v) is 13.4. The number of thioether (sulfide) groups is 1. The average molecular weight is 675 g/mol. The van der Waals surface area contributed by atoms with Gasteiger partial charge in [0.2, 0.25) is 0 Å². The summed E-state index contributed by atoms with van der Waals surface area (Å²) in [5, 5.41) is 7.32. The van der Waals surface area contributed by atoms with Gasteiger partial charge in [-0.2, -0.15) is 18.3 Å². The van der Waals surface area contributed by atoms with Gasteiger partial charge in [0.15, 0.2) is 5.78 Å². The van der Waals surface area contributed by atoms with E-state index in [0.717, 1.165) is 39.7 Å². The van der Waals surface area contributed by atoms with E-state index in [2.05, 4.69) is 29.4 Å². The number of thiazole rings is 1. The molecule has 6 nitrogen and oxygen atoms in total. The van der Waals surface area contributed by atoms with Crippen LogP contribution in [0.1, 0.15) is 61.6 Å². The number of nitrogens with zero attached hydrogens (tertiary/aromatic N) is 4. The van der Waals surface area contributed by atoms with Gasteiger partial charge in [-0.1, -0.05) is 42.5 Å². The first kappa shape index (κ1) is 32.7. The molecule has 242 valence electrons. The lowest BCUT2D eigenvalue weighted by Crippen LogP contribution is -2.38. The third kappa shape index (κ3) is 6.92. The van der Waals surface area contributed by atoms with Crippen LogP contribution in [0.15, 0.2) is 83.1 Å². The van der Waals surface area contributed by atoms with E-state index in [-0.39, 0.29) is 24.0 Å².